The van der Waals surface area contributed by atoms with Gasteiger partial charge in [-0.15, -0.1) is 10.2 Å². The van der Waals surface area contributed by atoms with Crippen LogP contribution >= 0.6 is 58.1 Å². The topological polar surface area (TPSA) is 54.9 Å². The van der Waals surface area contributed by atoms with Gasteiger partial charge in [0.15, 0.2) is 8.68 Å². The molecule has 4 nitrogen and oxygen atoms in total. The van der Waals surface area contributed by atoms with Crippen LogP contribution in [0.2, 0.25) is 10.0 Å². The number of amides is 1. The van der Waals surface area contributed by atoms with Crippen LogP contribution in [0.25, 0.3) is 0 Å². The molecule has 0 spiro atoms. The smallest absolute Gasteiger partial charge is 0.237 e. The van der Waals surface area contributed by atoms with Crippen LogP contribution in [0, 0.1) is 0 Å². The number of thioether (sulfide) groups is 2. The molecule has 1 N–H and O–H groups in total. The molecular formula is C13H13Cl2N3OS3. The van der Waals surface area contributed by atoms with Crippen LogP contribution in [-0.2, 0) is 4.79 Å². The second-order valence-corrected chi connectivity index (χ2v) is 9.06. The molecule has 1 amide bonds. The number of halogens is 2. The van der Waals surface area contributed by atoms with E-state index in [0.717, 1.165) is 14.4 Å². The normalized spacial score (nSPS) is 12.2. The second kappa shape index (κ2) is 8.40. The molecule has 1 atom stereocenters. The quantitative estimate of drug-likeness (QED) is 0.693. The lowest BCUT2D eigenvalue weighted by molar-refractivity contribution is -0.115. The zero-order chi connectivity index (χ0) is 16.1. The number of nitrogens with zero attached hydrogens (tertiary/aromatic N) is 2. The second-order valence-electron chi connectivity index (χ2n) is 4.14. The number of hydrogen-bond donors (Lipinski definition) is 1. The predicted octanol–water partition coefficient (Wildman–Crippen LogP) is 5.08. The predicted molar refractivity (Wildman–Crippen MR) is 96.7 cm³/mol. The van der Waals surface area contributed by atoms with Gasteiger partial charge in [0, 0.05) is 5.02 Å². The number of benzene rings is 1. The lowest BCUT2D eigenvalue weighted by atomic mass is 10.3. The first kappa shape index (κ1) is 17.9. The maximum Gasteiger partial charge on any atom is 0.237 e. The molecule has 1 aromatic carbocycles. The summed E-state index contributed by atoms with van der Waals surface area (Å²) < 4.78 is 1.69. The molecule has 0 saturated carbocycles. The van der Waals surface area contributed by atoms with Gasteiger partial charge in [0.2, 0.25) is 5.91 Å². The van der Waals surface area contributed by atoms with E-state index in [9.17, 15) is 4.79 Å². The summed E-state index contributed by atoms with van der Waals surface area (Å²) in [4.78, 5) is 12.2. The molecule has 0 aliphatic heterocycles. The summed E-state index contributed by atoms with van der Waals surface area (Å²) >= 11 is 16.4. The fourth-order valence-electron chi connectivity index (χ4n) is 1.46. The number of hydrogen-bond acceptors (Lipinski definition) is 6. The summed E-state index contributed by atoms with van der Waals surface area (Å²) in [6, 6.07) is 4.95. The average molecular weight is 394 g/mol. The van der Waals surface area contributed by atoms with E-state index in [-0.39, 0.29) is 11.2 Å². The van der Waals surface area contributed by atoms with Crippen molar-refractivity contribution in [1.29, 1.82) is 0 Å². The summed E-state index contributed by atoms with van der Waals surface area (Å²) in [6.07, 6.45) is 0. The van der Waals surface area contributed by atoms with Gasteiger partial charge in [0.1, 0.15) is 0 Å². The molecule has 0 aliphatic carbocycles. The van der Waals surface area contributed by atoms with Crippen LogP contribution in [0.4, 0.5) is 5.69 Å². The Morgan fingerprint density at radius 3 is 2.82 bits per heavy atom. The Kier molecular flexibility index (Phi) is 6.83. The Bertz CT molecular complexity index is 666. The van der Waals surface area contributed by atoms with E-state index in [1.807, 2.05) is 6.92 Å². The maximum atomic E-state index is 12.2. The molecule has 0 bridgehead atoms. The van der Waals surface area contributed by atoms with Crippen molar-refractivity contribution in [2.75, 3.05) is 11.1 Å². The lowest BCUT2D eigenvalue weighted by Crippen LogP contribution is -2.22. The SMILES string of the molecule is CCSc1nnc(SC(C)C(=O)Nc2cc(Cl)ccc2Cl)s1. The van der Waals surface area contributed by atoms with Gasteiger partial charge < -0.3 is 5.32 Å². The molecule has 118 valence electrons. The van der Waals surface area contributed by atoms with Gasteiger partial charge >= 0.3 is 0 Å². The Balaban J connectivity index is 1.98. The number of carbonyl (C=O) groups is 1. The molecular weight excluding hydrogens is 381 g/mol. The third-order valence-corrected chi connectivity index (χ3v) is 6.18. The zero-order valence-corrected chi connectivity index (χ0v) is 15.8. The molecule has 1 unspecified atom stereocenters. The van der Waals surface area contributed by atoms with E-state index >= 15 is 0 Å². The molecule has 0 fully saturated rings. The number of aromatic nitrogens is 2. The first-order chi connectivity index (χ1) is 10.5. The lowest BCUT2D eigenvalue weighted by Gasteiger charge is -2.11. The highest BCUT2D eigenvalue weighted by atomic mass is 35.5. The van der Waals surface area contributed by atoms with Crippen LogP contribution < -0.4 is 5.32 Å². The zero-order valence-electron chi connectivity index (χ0n) is 11.8. The van der Waals surface area contributed by atoms with Crippen molar-refractivity contribution in [3.63, 3.8) is 0 Å². The molecule has 1 aromatic heterocycles. The summed E-state index contributed by atoms with van der Waals surface area (Å²) in [6.45, 7) is 3.87. The minimum Gasteiger partial charge on any atom is -0.324 e. The van der Waals surface area contributed by atoms with Crippen LogP contribution in [0.3, 0.4) is 0 Å². The van der Waals surface area contributed by atoms with Crippen LogP contribution in [-0.4, -0.2) is 27.1 Å². The van der Waals surface area contributed by atoms with Crippen molar-refractivity contribution in [2.24, 2.45) is 0 Å². The van der Waals surface area contributed by atoms with Crippen molar-refractivity contribution in [2.45, 2.75) is 27.8 Å². The Labute approximate surface area is 151 Å². The Morgan fingerprint density at radius 1 is 1.36 bits per heavy atom. The first-order valence-electron chi connectivity index (χ1n) is 6.38. The minimum absolute atomic E-state index is 0.158. The molecule has 0 saturated heterocycles. The van der Waals surface area contributed by atoms with Crippen molar-refractivity contribution < 1.29 is 4.79 Å². The largest absolute Gasteiger partial charge is 0.324 e. The van der Waals surface area contributed by atoms with E-state index < -0.39 is 0 Å². The van der Waals surface area contributed by atoms with Gasteiger partial charge in [0.05, 0.1) is 16.0 Å². The van der Waals surface area contributed by atoms with E-state index in [4.69, 9.17) is 23.2 Å². The van der Waals surface area contributed by atoms with Crippen molar-refractivity contribution in [3.8, 4) is 0 Å². The third kappa shape index (κ3) is 5.03. The highest BCUT2D eigenvalue weighted by Crippen LogP contribution is 2.32. The average Bonchev–Trinajstić information content (AvgIpc) is 2.90. The van der Waals surface area contributed by atoms with Gasteiger partial charge in [-0.05, 0) is 30.9 Å². The third-order valence-electron chi connectivity index (χ3n) is 2.49. The minimum atomic E-state index is -0.317. The molecule has 9 heteroatoms. The fraction of sp³-hybridized carbons (Fsp3) is 0.308. The summed E-state index contributed by atoms with van der Waals surface area (Å²) in [5.74, 6) is 0.789. The number of rotatable bonds is 6. The molecule has 1 heterocycles. The summed E-state index contributed by atoms with van der Waals surface area (Å²) in [5, 5.41) is 11.6. The van der Waals surface area contributed by atoms with Gasteiger partial charge in [-0.2, -0.15) is 0 Å². The molecule has 0 radical (unpaired) electrons. The fourth-order valence-corrected chi connectivity index (χ4v) is 4.86. The van der Waals surface area contributed by atoms with Crippen LogP contribution in [0.5, 0.6) is 0 Å². The highest BCUT2D eigenvalue weighted by molar-refractivity contribution is 8.03. The molecule has 22 heavy (non-hydrogen) atoms. The summed E-state index contributed by atoms with van der Waals surface area (Å²) in [5.41, 5.74) is 0.506. The van der Waals surface area contributed by atoms with Crippen molar-refractivity contribution >= 4 is 69.7 Å². The number of anilines is 1. The first-order valence-corrected chi connectivity index (χ1v) is 9.82. The van der Waals surface area contributed by atoms with E-state index in [2.05, 4.69) is 22.4 Å². The van der Waals surface area contributed by atoms with Crippen molar-refractivity contribution in [1.82, 2.24) is 10.2 Å². The van der Waals surface area contributed by atoms with Crippen molar-refractivity contribution in [3.05, 3.63) is 28.2 Å². The van der Waals surface area contributed by atoms with Gasteiger partial charge in [-0.3, -0.25) is 4.79 Å². The van der Waals surface area contributed by atoms with E-state index in [1.54, 1.807) is 30.0 Å². The van der Waals surface area contributed by atoms with E-state index in [1.165, 1.54) is 23.1 Å². The van der Waals surface area contributed by atoms with Crippen LogP contribution in [0.1, 0.15) is 13.8 Å². The highest BCUT2D eigenvalue weighted by Gasteiger charge is 2.18. The summed E-state index contributed by atoms with van der Waals surface area (Å²) in [7, 11) is 0. The Morgan fingerprint density at radius 2 is 2.09 bits per heavy atom. The van der Waals surface area contributed by atoms with Gasteiger partial charge in [0.25, 0.3) is 0 Å². The standard InChI is InChI=1S/C13H13Cl2N3OS3/c1-3-20-12-17-18-13(22-12)21-7(2)11(19)16-10-6-8(14)4-5-9(10)15/h4-7H,3H2,1-2H3,(H,16,19). The van der Waals surface area contributed by atoms with Gasteiger partial charge in [-0.1, -0.05) is 65.0 Å². The van der Waals surface area contributed by atoms with Gasteiger partial charge in [-0.25, -0.2) is 0 Å². The molecule has 0 aliphatic rings. The Hall–Kier alpha value is -0.470. The molecule has 2 aromatic rings. The number of carbonyl (C=O) groups excluding carboxylic acids is 1. The van der Waals surface area contributed by atoms with Crippen LogP contribution in [0.15, 0.2) is 26.9 Å². The van der Waals surface area contributed by atoms with E-state index in [0.29, 0.717) is 15.7 Å². The maximum absolute atomic E-state index is 12.2. The molecule has 2 rings (SSSR count). The number of nitrogens with one attached hydrogen (secondary N) is 1. The monoisotopic (exact) mass is 393 g/mol.